The molecule has 1 heterocycles. The van der Waals surface area contributed by atoms with Crippen molar-refractivity contribution >= 4 is 5.69 Å². The molecule has 0 atom stereocenters. The highest BCUT2D eigenvalue weighted by Gasteiger charge is 2.28. The molecule has 1 aliphatic rings. The first-order chi connectivity index (χ1) is 7.44. The van der Waals surface area contributed by atoms with Crippen LogP contribution in [-0.2, 0) is 6.54 Å². The summed E-state index contributed by atoms with van der Waals surface area (Å²) in [4.78, 5) is 2.36. The lowest BCUT2D eigenvalue weighted by Gasteiger charge is -2.19. The molecule has 1 fully saturated rings. The van der Waals surface area contributed by atoms with E-state index in [1.165, 1.54) is 12.5 Å². The van der Waals surface area contributed by atoms with E-state index in [1.807, 2.05) is 6.07 Å². The molecule has 0 unspecified atom stereocenters. The quantitative estimate of drug-likeness (QED) is 0.779. The van der Waals surface area contributed by atoms with E-state index in [0.29, 0.717) is 11.1 Å². The molecule has 0 aliphatic carbocycles. The van der Waals surface area contributed by atoms with Crippen LogP contribution >= 0.6 is 0 Å². The van der Waals surface area contributed by atoms with E-state index < -0.39 is 0 Å². The summed E-state index contributed by atoms with van der Waals surface area (Å²) in [5.41, 5.74) is 7.49. The van der Waals surface area contributed by atoms with Crippen molar-refractivity contribution in [2.24, 2.45) is 5.41 Å². The summed E-state index contributed by atoms with van der Waals surface area (Å²) in [6.07, 6.45) is 1.21. The maximum Gasteiger partial charge on any atom is 0.125 e. The molecule has 0 bridgehead atoms. The van der Waals surface area contributed by atoms with E-state index in [9.17, 15) is 4.39 Å². The van der Waals surface area contributed by atoms with E-state index in [1.54, 1.807) is 6.07 Å². The lowest BCUT2D eigenvalue weighted by atomic mass is 9.93. The van der Waals surface area contributed by atoms with Crippen LogP contribution in [0.2, 0.25) is 0 Å². The molecule has 0 saturated carbocycles. The normalized spacial score (nSPS) is 20.2. The summed E-state index contributed by atoms with van der Waals surface area (Å²) >= 11 is 0. The number of anilines is 1. The topological polar surface area (TPSA) is 29.3 Å². The second kappa shape index (κ2) is 4.06. The molecule has 0 amide bonds. The first-order valence-corrected chi connectivity index (χ1v) is 5.72. The Balaban J connectivity index is 2.05. The van der Waals surface area contributed by atoms with Crippen molar-refractivity contribution in [3.05, 3.63) is 29.6 Å². The highest BCUT2D eigenvalue weighted by Crippen LogP contribution is 2.29. The fourth-order valence-corrected chi connectivity index (χ4v) is 2.38. The molecule has 3 heteroatoms. The van der Waals surface area contributed by atoms with Gasteiger partial charge in [0.2, 0.25) is 0 Å². The van der Waals surface area contributed by atoms with Gasteiger partial charge < -0.3 is 5.73 Å². The fraction of sp³-hybridized carbons (Fsp3) is 0.538. The number of rotatable bonds is 2. The summed E-state index contributed by atoms with van der Waals surface area (Å²) in [7, 11) is 0. The number of benzene rings is 1. The smallest absolute Gasteiger partial charge is 0.125 e. The molecule has 1 aliphatic heterocycles. The monoisotopic (exact) mass is 222 g/mol. The molecule has 88 valence electrons. The largest absolute Gasteiger partial charge is 0.399 e. The summed E-state index contributed by atoms with van der Waals surface area (Å²) < 4.78 is 13.2. The van der Waals surface area contributed by atoms with Crippen molar-refractivity contribution < 1.29 is 4.39 Å². The molecule has 2 rings (SSSR count). The van der Waals surface area contributed by atoms with Gasteiger partial charge in [0.05, 0.1) is 0 Å². The zero-order chi connectivity index (χ0) is 11.8. The SMILES string of the molecule is CC1(C)CCN(Cc2cc(N)cc(F)c2)C1. The Labute approximate surface area is 96.2 Å². The van der Waals surface area contributed by atoms with Gasteiger partial charge in [0, 0.05) is 18.8 Å². The molecule has 0 aromatic heterocycles. The van der Waals surface area contributed by atoms with Gasteiger partial charge in [-0.1, -0.05) is 13.8 Å². The van der Waals surface area contributed by atoms with Gasteiger partial charge in [-0.3, -0.25) is 4.90 Å². The maximum absolute atomic E-state index is 13.2. The third-order valence-electron chi connectivity index (χ3n) is 3.14. The predicted octanol–water partition coefficient (Wildman–Crippen LogP) is 2.64. The minimum absolute atomic E-state index is 0.242. The zero-order valence-electron chi connectivity index (χ0n) is 9.96. The Bertz CT molecular complexity index is 367. The molecular formula is C13H19FN2. The molecule has 1 aromatic rings. The van der Waals surface area contributed by atoms with Crippen molar-refractivity contribution in [1.29, 1.82) is 0 Å². The molecule has 2 N–H and O–H groups in total. The van der Waals surface area contributed by atoms with Crippen LogP contribution in [0, 0.1) is 11.2 Å². The molecule has 0 spiro atoms. The molecule has 16 heavy (non-hydrogen) atoms. The minimum atomic E-state index is -0.242. The van der Waals surface area contributed by atoms with Crippen LogP contribution < -0.4 is 5.73 Å². The Morgan fingerprint density at radius 3 is 2.69 bits per heavy atom. The van der Waals surface area contributed by atoms with Crippen LogP contribution in [0.15, 0.2) is 18.2 Å². The second-order valence-electron chi connectivity index (χ2n) is 5.52. The molecule has 2 nitrogen and oxygen atoms in total. The number of nitrogen functional groups attached to an aromatic ring is 1. The number of halogens is 1. The number of nitrogens with two attached hydrogens (primary N) is 1. The number of hydrogen-bond acceptors (Lipinski definition) is 2. The Morgan fingerprint density at radius 1 is 1.38 bits per heavy atom. The van der Waals surface area contributed by atoms with E-state index >= 15 is 0 Å². The molecule has 1 aromatic carbocycles. The standard InChI is InChI=1S/C13H19FN2/c1-13(2)3-4-16(9-13)8-10-5-11(14)7-12(15)6-10/h5-7H,3-4,8-9,15H2,1-2H3. The highest BCUT2D eigenvalue weighted by molar-refractivity contribution is 5.41. The average molecular weight is 222 g/mol. The van der Waals surface area contributed by atoms with E-state index in [2.05, 4.69) is 18.7 Å². The van der Waals surface area contributed by atoms with Gasteiger partial charge in [0.15, 0.2) is 0 Å². The highest BCUT2D eigenvalue weighted by atomic mass is 19.1. The van der Waals surface area contributed by atoms with Crippen molar-refractivity contribution in [1.82, 2.24) is 4.90 Å². The van der Waals surface area contributed by atoms with Gasteiger partial charge in [-0.05, 0) is 42.1 Å². The summed E-state index contributed by atoms with van der Waals surface area (Å²) in [5, 5.41) is 0. The average Bonchev–Trinajstić information content (AvgIpc) is 2.43. The van der Waals surface area contributed by atoms with Gasteiger partial charge in [-0.25, -0.2) is 4.39 Å². The van der Waals surface area contributed by atoms with Gasteiger partial charge in [0.1, 0.15) is 5.82 Å². The molecule has 0 radical (unpaired) electrons. The van der Waals surface area contributed by atoms with Crippen LogP contribution in [0.25, 0.3) is 0 Å². The van der Waals surface area contributed by atoms with E-state index in [4.69, 9.17) is 5.73 Å². The number of likely N-dealkylation sites (tertiary alicyclic amines) is 1. The van der Waals surface area contributed by atoms with Crippen molar-refractivity contribution in [2.45, 2.75) is 26.8 Å². The van der Waals surface area contributed by atoms with E-state index in [-0.39, 0.29) is 5.82 Å². The first-order valence-electron chi connectivity index (χ1n) is 5.72. The minimum Gasteiger partial charge on any atom is -0.399 e. The van der Waals surface area contributed by atoms with Crippen LogP contribution in [0.5, 0.6) is 0 Å². The van der Waals surface area contributed by atoms with Gasteiger partial charge in [-0.2, -0.15) is 0 Å². The Hall–Kier alpha value is -1.09. The summed E-state index contributed by atoms with van der Waals surface area (Å²) in [5.74, 6) is -0.242. The Kier molecular flexibility index (Phi) is 2.89. The van der Waals surface area contributed by atoms with Gasteiger partial charge in [0.25, 0.3) is 0 Å². The van der Waals surface area contributed by atoms with Gasteiger partial charge >= 0.3 is 0 Å². The lowest BCUT2D eigenvalue weighted by Crippen LogP contribution is -2.22. The number of nitrogens with zero attached hydrogens (tertiary/aromatic N) is 1. The van der Waals surface area contributed by atoms with Crippen molar-refractivity contribution in [3.63, 3.8) is 0 Å². The van der Waals surface area contributed by atoms with Crippen LogP contribution in [0.1, 0.15) is 25.8 Å². The van der Waals surface area contributed by atoms with Crippen molar-refractivity contribution in [3.8, 4) is 0 Å². The van der Waals surface area contributed by atoms with Gasteiger partial charge in [-0.15, -0.1) is 0 Å². The van der Waals surface area contributed by atoms with Crippen LogP contribution in [-0.4, -0.2) is 18.0 Å². The predicted molar refractivity (Wildman–Crippen MR) is 64.5 cm³/mol. The fourth-order valence-electron chi connectivity index (χ4n) is 2.38. The summed E-state index contributed by atoms with van der Waals surface area (Å²) in [6, 6.07) is 4.79. The zero-order valence-corrected chi connectivity index (χ0v) is 9.96. The first kappa shape index (κ1) is 11.4. The van der Waals surface area contributed by atoms with E-state index in [0.717, 1.165) is 25.2 Å². The third kappa shape index (κ3) is 2.73. The lowest BCUT2D eigenvalue weighted by molar-refractivity contribution is 0.284. The third-order valence-corrected chi connectivity index (χ3v) is 3.14. The maximum atomic E-state index is 13.2. The van der Waals surface area contributed by atoms with Crippen LogP contribution in [0.3, 0.4) is 0 Å². The summed E-state index contributed by atoms with van der Waals surface area (Å²) in [6.45, 7) is 7.50. The Morgan fingerprint density at radius 2 is 2.12 bits per heavy atom. The van der Waals surface area contributed by atoms with Crippen LogP contribution in [0.4, 0.5) is 10.1 Å². The number of hydrogen-bond donors (Lipinski definition) is 1. The molecular weight excluding hydrogens is 203 g/mol. The molecule has 1 saturated heterocycles. The van der Waals surface area contributed by atoms with Crippen molar-refractivity contribution in [2.75, 3.05) is 18.8 Å². The second-order valence-corrected chi connectivity index (χ2v) is 5.52.